The van der Waals surface area contributed by atoms with Crippen molar-refractivity contribution in [2.24, 2.45) is 10.9 Å². The van der Waals surface area contributed by atoms with Gasteiger partial charge in [0.2, 0.25) is 5.90 Å². The summed E-state index contributed by atoms with van der Waals surface area (Å²) in [4.78, 5) is 30.5. The predicted molar refractivity (Wildman–Crippen MR) is 144 cm³/mol. The molecule has 0 amide bonds. The molecule has 0 saturated carbocycles. The van der Waals surface area contributed by atoms with Gasteiger partial charge < -0.3 is 15.5 Å². The summed E-state index contributed by atoms with van der Waals surface area (Å²) in [6.45, 7) is 1.57. The summed E-state index contributed by atoms with van der Waals surface area (Å²) in [6.07, 6.45) is 3.85. The van der Waals surface area contributed by atoms with Gasteiger partial charge in [0.1, 0.15) is 9.20 Å². The molecule has 0 saturated heterocycles. The van der Waals surface area contributed by atoms with Gasteiger partial charge in [0, 0.05) is 43.0 Å². The van der Waals surface area contributed by atoms with Gasteiger partial charge in [0.25, 0.3) is 5.56 Å². The maximum absolute atomic E-state index is 12.8. The maximum Gasteiger partial charge on any atom is 0.294 e. The van der Waals surface area contributed by atoms with Crippen LogP contribution in [-0.4, -0.2) is 40.1 Å². The zero-order valence-electron chi connectivity index (χ0n) is 18.1. The molecule has 12 heteroatoms. The third-order valence-electron chi connectivity index (χ3n) is 4.71. The third-order valence-corrected chi connectivity index (χ3v) is 6.25. The summed E-state index contributed by atoms with van der Waals surface area (Å²) in [5.74, 6) is 5.94. The average Bonchev–Trinajstić information content (AvgIpc) is 2.84. The van der Waals surface area contributed by atoms with E-state index in [0.717, 1.165) is 11.3 Å². The van der Waals surface area contributed by atoms with Crippen LogP contribution in [0.4, 0.5) is 5.82 Å². The molecule has 0 fully saturated rings. The van der Waals surface area contributed by atoms with Gasteiger partial charge in [-0.25, -0.2) is 9.98 Å². The average molecular weight is 616 g/mol. The minimum atomic E-state index is -0.299. The zero-order chi connectivity index (χ0) is 24.3. The molecule has 0 bridgehead atoms. The molecule has 34 heavy (non-hydrogen) atoms. The summed E-state index contributed by atoms with van der Waals surface area (Å²) in [6, 6.07) is 13.1. The summed E-state index contributed by atoms with van der Waals surface area (Å²) in [5, 5.41) is 7.10. The van der Waals surface area contributed by atoms with Crippen molar-refractivity contribution in [3.63, 3.8) is 0 Å². The molecule has 1 unspecified atom stereocenters. The van der Waals surface area contributed by atoms with Gasteiger partial charge in [-0.15, -0.1) is 0 Å². The Hall–Kier alpha value is -2.25. The normalized spacial score (nSPS) is 12.4. The van der Waals surface area contributed by atoms with Crippen LogP contribution in [0.3, 0.4) is 0 Å². The van der Waals surface area contributed by atoms with Crippen molar-refractivity contribution in [3.05, 3.63) is 86.6 Å². The van der Waals surface area contributed by atoms with Gasteiger partial charge in [-0.1, -0.05) is 64.0 Å². The number of nitrogens with two attached hydrogens (primary N) is 1. The number of nitrogens with zero attached hydrogens (tertiary/aromatic N) is 4. The molecule has 9 nitrogen and oxygen atoms in total. The van der Waals surface area contributed by atoms with E-state index in [9.17, 15) is 4.79 Å². The summed E-state index contributed by atoms with van der Waals surface area (Å²) in [7, 11) is 0. The fourth-order valence-electron chi connectivity index (χ4n) is 3.01. The minimum absolute atomic E-state index is 0.214. The molecule has 1 aromatic carbocycles. The summed E-state index contributed by atoms with van der Waals surface area (Å²) < 4.78 is 1.23. The lowest BCUT2D eigenvalue weighted by Crippen LogP contribution is -2.33. The van der Waals surface area contributed by atoms with E-state index in [-0.39, 0.29) is 27.1 Å². The van der Waals surface area contributed by atoms with E-state index in [1.807, 2.05) is 36.4 Å². The van der Waals surface area contributed by atoms with Crippen LogP contribution in [0.15, 0.2) is 64.6 Å². The van der Waals surface area contributed by atoms with E-state index in [1.54, 1.807) is 12.3 Å². The summed E-state index contributed by atoms with van der Waals surface area (Å²) in [5.41, 5.74) is 1.56. The third kappa shape index (κ3) is 7.91. The molecule has 0 aliphatic heterocycles. The number of nitrogens with one attached hydrogen (secondary N) is 2. The number of benzene rings is 1. The largest absolute Gasteiger partial charge is 0.395 e. The smallest absolute Gasteiger partial charge is 0.294 e. The Labute approximate surface area is 220 Å². The zero-order valence-corrected chi connectivity index (χ0v) is 21.8. The number of aromatic nitrogens is 3. The first-order valence-electron chi connectivity index (χ1n) is 10.4. The topological polar surface area (TPSA) is 119 Å². The standard InChI is InChI=1S/C22H24Cl2IN7O2/c23-16-5-3-4-15(12-16)20(25)31-19(34-26)14-27-10-11-32-18(24)13-30-21(22(32)33)29-9-7-17-6-1-2-8-28-17/h1-6,8,12-13,20,27H,7,9-11,14,26H2,(H,29,30). The van der Waals surface area contributed by atoms with Crippen LogP contribution in [0.25, 0.3) is 0 Å². The van der Waals surface area contributed by atoms with Gasteiger partial charge in [0.15, 0.2) is 5.82 Å². The van der Waals surface area contributed by atoms with Crippen molar-refractivity contribution in [3.8, 4) is 0 Å². The number of hydrogen-bond acceptors (Lipinski definition) is 8. The lowest BCUT2D eigenvalue weighted by atomic mass is 10.2. The fraction of sp³-hybridized carbons (Fsp3) is 0.273. The SMILES string of the molecule is NOC(CNCCn1c(Cl)cnc(NCCc2ccccn2)c1=O)=NC(I)c1cccc(Cl)c1. The van der Waals surface area contributed by atoms with E-state index in [1.165, 1.54) is 10.8 Å². The van der Waals surface area contributed by atoms with E-state index < -0.39 is 0 Å². The van der Waals surface area contributed by atoms with Gasteiger partial charge in [-0.3, -0.25) is 14.3 Å². The summed E-state index contributed by atoms with van der Waals surface area (Å²) >= 11 is 14.4. The molecule has 0 spiro atoms. The highest BCUT2D eigenvalue weighted by Gasteiger charge is 2.11. The molecule has 3 rings (SSSR count). The second-order valence-electron chi connectivity index (χ2n) is 7.09. The van der Waals surface area contributed by atoms with Crippen molar-refractivity contribution in [2.45, 2.75) is 17.0 Å². The van der Waals surface area contributed by atoms with E-state index in [2.05, 4.69) is 48.2 Å². The van der Waals surface area contributed by atoms with Crippen LogP contribution in [0.1, 0.15) is 15.3 Å². The Morgan fingerprint density at radius 3 is 2.79 bits per heavy atom. The fourth-order valence-corrected chi connectivity index (χ4v) is 4.12. The van der Waals surface area contributed by atoms with Crippen LogP contribution >= 0.6 is 45.8 Å². The Morgan fingerprint density at radius 2 is 2.06 bits per heavy atom. The Balaban J connectivity index is 1.53. The van der Waals surface area contributed by atoms with Gasteiger partial charge in [-0.05, 0) is 29.8 Å². The van der Waals surface area contributed by atoms with Crippen molar-refractivity contribution < 1.29 is 4.84 Å². The molecule has 0 aliphatic rings. The minimum Gasteiger partial charge on any atom is -0.395 e. The number of aliphatic imine (C=N–C) groups is 1. The van der Waals surface area contributed by atoms with Gasteiger partial charge in [0.05, 0.1) is 12.7 Å². The van der Waals surface area contributed by atoms with E-state index in [0.29, 0.717) is 37.0 Å². The molecule has 2 aromatic heterocycles. The maximum atomic E-state index is 12.8. The first-order valence-corrected chi connectivity index (χ1v) is 12.4. The molecule has 4 N–H and O–H groups in total. The molecular weight excluding hydrogens is 592 g/mol. The lowest BCUT2D eigenvalue weighted by molar-refractivity contribution is 0.309. The molecular formula is C22H24Cl2IN7O2. The monoisotopic (exact) mass is 615 g/mol. The second kappa shape index (κ2) is 13.6. The van der Waals surface area contributed by atoms with Crippen LogP contribution in [-0.2, 0) is 17.8 Å². The Kier molecular flexibility index (Phi) is 10.5. The molecule has 0 aliphatic carbocycles. The quantitative estimate of drug-likeness (QED) is 0.0573. The molecule has 0 radical (unpaired) electrons. The number of rotatable bonds is 11. The van der Waals surface area contributed by atoms with Crippen LogP contribution in [0.2, 0.25) is 10.2 Å². The highest BCUT2D eigenvalue weighted by atomic mass is 127. The lowest BCUT2D eigenvalue weighted by Gasteiger charge is -2.13. The highest BCUT2D eigenvalue weighted by molar-refractivity contribution is 14.1. The first-order chi connectivity index (χ1) is 16.5. The van der Waals surface area contributed by atoms with Gasteiger partial charge >= 0.3 is 0 Å². The molecule has 2 heterocycles. The van der Waals surface area contributed by atoms with Crippen LogP contribution in [0.5, 0.6) is 0 Å². The number of halogens is 3. The Morgan fingerprint density at radius 1 is 1.21 bits per heavy atom. The van der Waals surface area contributed by atoms with Crippen molar-refractivity contribution >= 4 is 57.5 Å². The van der Waals surface area contributed by atoms with Crippen molar-refractivity contribution in [1.29, 1.82) is 0 Å². The van der Waals surface area contributed by atoms with Crippen LogP contribution in [0, 0.1) is 0 Å². The van der Waals surface area contributed by atoms with Crippen molar-refractivity contribution in [1.82, 2.24) is 19.9 Å². The Bertz CT molecular complexity index is 1160. The second-order valence-corrected chi connectivity index (χ2v) is 9.10. The van der Waals surface area contributed by atoms with Crippen molar-refractivity contribution in [2.75, 3.05) is 25.0 Å². The van der Waals surface area contributed by atoms with Crippen LogP contribution < -0.4 is 22.1 Å². The molecule has 180 valence electrons. The van der Waals surface area contributed by atoms with E-state index >= 15 is 0 Å². The van der Waals surface area contributed by atoms with Gasteiger partial charge in [-0.2, -0.15) is 5.90 Å². The number of alkyl halides is 1. The predicted octanol–water partition coefficient (Wildman–Crippen LogP) is 3.61. The number of pyridine rings is 1. The first kappa shape index (κ1) is 26.4. The highest BCUT2D eigenvalue weighted by Crippen LogP contribution is 2.27. The molecule has 1 atom stereocenters. The van der Waals surface area contributed by atoms with E-state index in [4.69, 9.17) is 33.9 Å². The number of hydrogen-bond donors (Lipinski definition) is 3. The molecule has 3 aromatic rings. The number of anilines is 1.